The van der Waals surface area contributed by atoms with Crippen molar-refractivity contribution < 1.29 is 9.18 Å². The second-order valence-electron chi connectivity index (χ2n) is 7.16. The quantitative estimate of drug-likeness (QED) is 0.678. The van der Waals surface area contributed by atoms with Gasteiger partial charge in [-0.15, -0.1) is 0 Å². The molecule has 2 aromatic heterocycles. The average molecular weight is 382 g/mol. The summed E-state index contributed by atoms with van der Waals surface area (Å²) in [6.07, 6.45) is 5.79. The summed E-state index contributed by atoms with van der Waals surface area (Å²) in [6.45, 7) is 5.06. The fourth-order valence-electron chi connectivity index (χ4n) is 2.86. The summed E-state index contributed by atoms with van der Waals surface area (Å²) in [7, 11) is 0. The maximum atomic E-state index is 14.4. The highest BCUT2D eigenvalue weighted by atomic mass is 19.1. The van der Waals surface area contributed by atoms with Crippen molar-refractivity contribution in [1.29, 1.82) is 5.26 Å². The normalized spacial score (nSPS) is 15.2. The molecule has 1 unspecified atom stereocenters. The summed E-state index contributed by atoms with van der Waals surface area (Å²) in [5, 5.41) is 18.2. The summed E-state index contributed by atoms with van der Waals surface area (Å²) < 4.78 is 14.4. The first-order valence-electron chi connectivity index (χ1n) is 9.23. The molecule has 1 saturated carbocycles. The number of halogens is 1. The van der Waals surface area contributed by atoms with Gasteiger partial charge in [-0.2, -0.15) is 5.26 Å². The predicted molar refractivity (Wildman–Crippen MR) is 105 cm³/mol. The van der Waals surface area contributed by atoms with Crippen LogP contribution in [0.2, 0.25) is 0 Å². The smallest absolute Gasteiger partial charge is 0.217 e. The molecule has 2 heterocycles. The van der Waals surface area contributed by atoms with Gasteiger partial charge in [-0.25, -0.2) is 9.37 Å². The Kier molecular flexibility index (Phi) is 5.73. The van der Waals surface area contributed by atoms with Crippen LogP contribution in [0.15, 0.2) is 24.5 Å². The second-order valence-corrected chi connectivity index (χ2v) is 7.16. The zero-order valence-electron chi connectivity index (χ0n) is 16.1. The van der Waals surface area contributed by atoms with E-state index in [2.05, 4.69) is 25.9 Å². The number of nitrogens with zero attached hydrogens (tertiary/aromatic N) is 3. The topological polar surface area (TPSA) is 103 Å². The minimum atomic E-state index is -0.631. The highest BCUT2D eigenvalue weighted by Crippen LogP contribution is 2.40. The number of amides is 1. The number of pyridine rings is 2. The highest BCUT2D eigenvalue weighted by molar-refractivity contribution is 5.73. The van der Waals surface area contributed by atoms with Gasteiger partial charge in [0.15, 0.2) is 17.5 Å². The zero-order chi connectivity index (χ0) is 20.3. The first-order chi connectivity index (χ1) is 13.4. The minimum Gasteiger partial charge on any atom is -0.363 e. The largest absolute Gasteiger partial charge is 0.363 e. The third-order valence-electron chi connectivity index (χ3n) is 4.71. The van der Waals surface area contributed by atoms with Crippen LogP contribution in [0, 0.1) is 17.1 Å². The van der Waals surface area contributed by atoms with E-state index >= 15 is 0 Å². The number of nitriles is 1. The Morgan fingerprint density at radius 2 is 2.00 bits per heavy atom. The molecule has 0 bridgehead atoms. The van der Waals surface area contributed by atoms with Crippen molar-refractivity contribution in [2.24, 2.45) is 0 Å². The van der Waals surface area contributed by atoms with E-state index in [0.29, 0.717) is 11.6 Å². The van der Waals surface area contributed by atoms with Crippen LogP contribution in [0.4, 0.5) is 21.7 Å². The van der Waals surface area contributed by atoms with Gasteiger partial charge in [-0.05, 0) is 50.3 Å². The van der Waals surface area contributed by atoms with Crippen LogP contribution in [0.25, 0.3) is 0 Å². The molecule has 2 aromatic rings. The molecule has 7 nitrogen and oxygen atoms in total. The number of rotatable bonds is 7. The van der Waals surface area contributed by atoms with E-state index in [4.69, 9.17) is 0 Å². The highest BCUT2D eigenvalue weighted by Gasteiger charge is 2.24. The van der Waals surface area contributed by atoms with Crippen molar-refractivity contribution in [2.75, 3.05) is 10.6 Å². The number of aromatic nitrogens is 2. The molecule has 1 aliphatic rings. The molecule has 1 amide bonds. The van der Waals surface area contributed by atoms with Gasteiger partial charge in [-0.1, -0.05) is 0 Å². The summed E-state index contributed by atoms with van der Waals surface area (Å²) >= 11 is 0. The van der Waals surface area contributed by atoms with Crippen LogP contribution in [-0.2, 0) is 4.79 Å². The van der Waals surface area contributed by atoms with Gasteiger partial charge in [0.2, 0.25) is 5.91 Å². The van der Waals surface area contributed by atoms with Gasteiger partial charge in [0.1, 0.15) is 6.07 Å². The van der Waals surface area contributed by atoms with E-state index in [0.717, 1.165) is 24.5 Å². The summed E-state index contributed by atoms with van der Waals surface area (Å²) in [6, 6.07) is 4.58. The Bertz CT molecular complexity index is 921. The van der Waals surface area contributed by atoms with Crippen LogP contribution in [0.5, 0.6) is 0 Å². The van der Waals surface area contributed by atoms with E-state index in [1.54, 1.807) is 6.20 Å². The maximum Gasteiger partial charge on any atom is 0.217 e. The Morgan fingerprint density at radius 1 is 1.25 bits per heavy atom. The predicted octanol–water partition coefficient (Wildman–Crippen LogP) is 3.43. The maximum absolute atomic E-state index is 14.4. The van der Waals surface area contributed by atoms with Gasteiger partial charge in [0, 0.05) is 25.2 Å². The lowest BCUT2D eigenvalue weighted by atomic mass is 10.1. The molecule has 3 N–H and O–H groups in total. The molecule has 146 valence electrons. The lowest BCUT2D eigenvalue weighted by Crippen LogP contribution is -2.42. The van der Waals surface area contributed by atoms with Crippen LogP contribution in [0.1, 0.15) is 50.7 Å². The van der Waals surface area contributed by atoms with Gasteiger partial charge >= 0.3 is 0 Å². The fourth-order valence-corrected chi connectivity index (χ4v) is 2.86. The van der Waals surface area contributed by atoms with E-state index in [1.807, 2.05) is 32.2 Å². The molecule has 1 aliphatic carbocycles. The summed E-state index contributed by atoms with van der Waals surface area (Å²) in [5.41, 5.74) is 1.94. The van der Waals surface area contributed by atoms with Crippen molar-refractivity contribution >= 4 is 23.2 Å². The SMILES string of the molecule is CC(=O)N[C@@H](C)C(C)Nc1nc(Nc2cncc(C3CC3)c2)c(C#N)cc1F. The third-order valence-corrected chi connectivity index (χ3v) is 4.71. The van der Waals surface area contributed by atoms with Gasteiger partial charge in [0.25, 0.3) is 0 Å². The van der Waals surface area contributed by atoms with Crippen molar-refractivity contribution in [3.8, 4) is 6.07 Å². The van der Waals surface area contributed by atoms with E-state index < -0.39 is 5.82 Å². The van der Waals surface area contributed by atoms with Gasteiger partial charge in [0.05, 0.1) is 17.4 Å². The lowest BCUT2D eigenvalue weighted by molar-refractivity contribution is -0.119. The molecule has 0 spiro atoms. The monoisotopic (exact) mass is 382 g/mol. The molecule has 0 radical (unpaired) electrons. The summed E-state index contributed by atoms with van der Waals surface area (Å²) in [4.78, 5) is 19.7. The van der Waals surface area contributed by atoms with Crippen LogP contribution in [0.3, 0.4) is 0 Å². The number of carbonyl (C=O) groups is 1. The second kappa shape index (κ2) is 8.21. The zero-order valence-corrected chi connectivity index (χ0v) is 16.1. The molecule has 28 heavy (non-hydrogen) atoms. The van der Waals surface area contributed by atoms with Crippen molar-refractivity contribution in [3.63, 3.8) is 0 Å². The standard InChI is InChI=1S/C20H23FN6O/c1-11(24-13(3)28)12(2)25-20-18(21)7-15(8-22)19(27-20)26-17-6-16(9-23-10-17)14-4-5-14/h6-7,9-12,14H,4-5H2,1-3H3,(H,24,28)(H2,25,26,27)/t11-,12?/m0/s1. The number of hydrogen-bond donors (Lipinski definition) is 3. The Balaban J connectivity index is 1.82. The van der Waals surface area contributed by atoms with Crippen molar-refractivity contribution in [3.05, 3.63) is 41.5 Å². The fraction of sp³-hybridized carbons (Fsp3) is 0.400. The number of nitrogens with one attached hydrogen (secondary N) is 3. The molecule has 1 fully saturated rings. The Morgan fingerprint density at radius 3 is 2.64 bits per heavy atom. The molecule has 3 rings (SSSR count). The van der Waals surface area contributed by atoms with E-state index in [1.165, 1.54) is 6.92 Å². The van der Waals surface area contributed by atoms with Crippen molar-refractivity contribution in [2.45, 2.75) is 51.6 Å². The van der Waals surface area contributed by atoms with Crippen LogP contribution >= 0.6 is 0 Å². The summed E-state index contributed by atoms with van der Waals surface area (Å²) in [5.74, 6) is 0.00545. The van der Waals surface area contributed by atoms with E-state index in [-0.39, 0.29) is 35.2 Å². The number of anilines is 3. The molecule has 0 aliphatic heterocycles. The molecule has 2 atom stereocenters. The molecular weight excluding hydrogens is 359 g/mol. The lowest BCUT2D eigenvalue weighted by Gasteiger charge is -2.23. The van der Waals surface area contributed by atoms with Gasteiger partial charge < -0.3 is 16.0 Å². The third kappa shape index (κ3) is 4.74. The van der Waals surface area contributed by atoms with Crippen LogP contribution < -0.4 is 16.0 Å². The Hall–Kier alpha value is -3.21. The average Bonchev–Trinajstić information content (AvgIpc) is 3.49. The first-order valence-corrected chi connectivity index (χ1v) is 9.23. The Labute approximate surface area is 163 Å². The number of carbonyl (C=O) groups excluding carboxylic acids is 1. The molecule has 0 saturated heterocycles. The van der Waals surface area contributed by atoms with Crippen molar-refractivity contribution in [1.82, 2.24) is 15.3 Å². The van der Waals surface area contributed by atoms with Gasteiger partial charge in [-0.3, -0.25) is 9.78 Å². The number of hydrogen-bond acceptors (Lipinski definition) is 6. The first kappa shape index (κ1) is 19.5. The minimum absolute atomic E-state index is 0.0116. The molecule has 0 aromatic carbocycles. The van der Waals surface area contributed by atoms with E-state index in [9.17, 15) is 14.4 Å². The van der Waals surface area contributed by atoms with Crippen LogP contribution in [-0.4, -0.2) is 28.0 Å². The molecular formula is C20H23FN6O. The molecule has 8 heteroatoms.